The molecule has 0 bridgehead atoms. The van der Waals surface area contributed by atoms with E-state index >= 15 is 0 Å². The third-order valence-corrected chi connectivity index (χ3v) is 7.07. The number of thiazole rings is 1. The van der Waals surface area contributed by atoms with Crippen LogP contribution in [-0.4, -0.2) is 10.7 Å². The molecular formula is C24H21BrFN3S2. The van der Waals surface area contributed by atoms with Gasteiger partial charge >= 0.3 is 0 Å². The number of hydrogen-bond donors (Lipinski definition) is 0. The Labute approximate surface area is 199 Å². The van der Waals surface area contributed by atoms with Crippen LogP contribution in [0.4, 0.5) is 9.52 Å². The van der Waals surface area contributed by atoms with E-state index in [0.29, 0.717) is 0 Å². The molecule has 7 heteroatoms. The second kappa shape index (κ2) is 9.42. The van der Waals surface area contributed by atoms with Crippen LogP contribution in [0, 0.1) is 5.82 Å². The van der Waals surface area contributed by atoms with Crippen LogP contribution in [0.3, 0.4) is 0 Å². The highest BCUT2D eigenvalue weighted by Crippen LogP contribution is 2.39. The summed E-state index contributed by atoms with van der Waals surface area (Å²) < 4.78 is 13.5. The van der Waals surface area contributed by atoms with E-state index in [1.165, 1.54) is 17.7 Å². The minimum atomic E-state index is -0.227. The Morgan fingerprint density at radius 2 is 1.81 bits per heavy atom. The maximum atomic E-state index is 13.5. The molecule has 0 saturated carbocycles. The van der Waals surface area contributed by atoms with Gasteiger partial charge in [0.25, 0.3) is 0 Å². The number of nitrogens with zero attached hydrogens (tertiary/aromatic N) is 3. The van der Waals surface area contributed by atoms with Gasteiger partial charge in [0.05, 0.1) is 22.3 Å². The molecule has 0 aliphatic carbocycles. The van der Waals surface area contributed by atoms with Gasteiger partial charge in [-0.3, -0.25) is 0 Å². The molecule has 0 radical (unpaired) electrons. The summed E-state index contributed by atoms with van der Waals surface area (Å²) in [6, 6.07) is 19.4. The first-order valence-corrected chi connectivity index (χ1v) is 11.7. The van der Waals surface area contributed by atoms with Crippen LogP contribution in [0.2, 0.25) is 0 Å². The lowest BCUT2D eigenvalue weighted by Crippen LogP contribution is -2.18. The minimum Gasteiger partial charge on any atom is -0.231 e. The number of anilines is 1. The van der Waals surface area contributed by atoms with Crippen LogP contribution in [0.15, 0.2) is 76.5 Å². The first kappa shape index (κ1) is 21.9. The van der Waals surface area contributed by atoms with Crippen molar-refractivity contribution in [3.63, 3.8) is 0 Å². The van der Waals surface area contributed by atoms with Gasteiger partial charge in [0, 0.05) is 17.4 Å². The number of benzene rings is 2. The number of rotatable bonds is 5. The lowest BCUT2D eigenvalue weighted by atomic mass is 10.0. The second-order valence-corrected chi connectivity index (χ2v) is 8.99. The van der Waals surface area contributed by atoms with E-state index in [0.717, 1.165) is 45.4 Å². The molecule has 0 saturated heterocycles. The average molecular weight is 514 g/mol. The van der Waals surface area contributed by atoms with Crippen molar-refractivity contribution >= 4 is 50.5 Å². The van der Waals surface area contributed by atoms with E-state index in [1.807, 2.05) is 23.2 Å². The van der Waals surface area contributed by atoms with Crippen molar-refractivity contribution in [3.8, 4) is 11.3 Å². The Morgan fingerprint density at radius 1 is 1.03 bits per heavy atom. The SMILES string of the molecule is Br.CCc1ccc(-c2csc(N3N=C(c4cccs4)CC3c3ccc(F)cc3)n2)cc1. The topological polar surface area (TPSA) is 28.5 Å². The second-order valence-electron chi connectivity index (χ2n) is 7.21. The van der Waals surface area contributed by atoms with Crippen molar-refractivity contribution in [3.05, 3.63) is 93.2 Å². The predicted octanol–water partition coefficient (Wildman–Crippen LogP) is 7.51. The molecule has 1 unspecified atom stereocenters. The van der Waals surface area contributed by atoms with Crippen molar-refractivity contribution in [1.29, 1.82) is 0 Å². The van der Waals surface area contributed by atoms with Crippen molar-refractivity contribution in [2.24, 2.45) is 5.10 Å². The Hall–Kier alpha value is -2.35. The fourth-order valence-electron chi connectivity index (χ4n) is 3.64. The molecule has 2 aromatic heterocycles. The standard InChI is InChI=1S/C24H20FN3S2.BrH/c1-2-16-5-7-17(8-6-16)21-15-30-24(26-21)28-22(18-9-11-19(25)12-10-18)14-20(27-28)23-4-3-13-29-23;/h3-13,15,22H,2,14H2,1H3;1H. The highest BCUT2D eigenvalue weighted by Gasteiger charge is 2.32. The first-order chi connectivity index (χ1) is 14.7. The highest BCUT2D eigenvalue weighted by atomic mass is 79.9. The Bertz CT molecular complexity index is 1170. The average Bonchev–Trinajstić information content (AvgIpc) is 3.54. The van der Waals surface area contributed by atoms with Gasteiger partial charge in [0.2, 0.25) is 5.13 Å². The molecule has 31 heavy (non-hydrogen) atoms. The molecule has 0 N–H and O–H groups in total. The summed E-state index contributed by atoms with van der Waals surface area (Å²) in [4.78, 5) is 6.06. The Balaban J connectivity index is 0.00000231. The summed E-state index contributed by atoms with van der Waals surface area (Å²) >= 11 is 3.28. The molecule has 3 heterocycles. The van der Waals surface area contributed by atoms with E-state index in [2.05, 4.69) is 48.0 Å². The van der Waals surface area contributed by atoms with Gasteiger partial charge in [-0.1, -0.05) is 49.4 Å². The van der Waals surface area contributed by atoms with Gasteiger partial charge in [-0.25, -0.2) is 14.4 Å². The summed E-state index contributed by atoms with van der Waals surface area (Å²) in [6.07, 6.45) is 1.79. The van der Waals surface area contributed by atoms with Crippen LogP contribution in [0.25, 0.3) is 11.3 Å². The molecule has 1 aliphatic heterocycles. The molecule has 0 amide bonds. The fraction of sp³-hybridized carbons (Fsp3) is 0.167. The molecule has 4 aromatic rings. The van der Waals surface area contributed by atoms with Crippen LogP contribution in [-0.2, 0) is 6.42 Å². The Morgan fingerprint density at radius 3 is 2.48 bits per heavy atom. The van der Waals surface area contributed by atoms with E-state index in [-0.39, 0.29) is 28.8 Å². The number of thiophene rings is 1. The van der Waals surface area contributed by atoms with Gasteiger partial charge in [-0.05, 0) is 41.1 Å². The lowest BCUT2D eigenvalue weighted by molar-refractivity contribution is 0.624. The normalized spacial score (nSPS) is 15.6. The van der Waals surface area contributed by atoms with Gasteiger partial charge in [0.1, 0.15) is 5.82 Å². The summed E-state index contributed by atoms with van der Waals surface area (Å²) in [5.41, 5.74) is 5.46. The van der Waals surface area contributed by atoms with Crippen LogP contribution in [0.5, 0.6) is 0 Å². The zero-order valence-corrected chi connectivity index (χ0v) is 20.2. The monoisotopic (exact) mass is 513 g/mol. The Kier molecular flexibility index (Phi) is 6.65. The number of aromatic nitrogens is 1. The zero-order valence-electron chi connectivity index (χ0n) is 16.9. The fourth-order valence-corrected chi connectivity index (χ4v) is 5.19. The third kappa shape index (κ3) is 4.49. The zero-order chi connectivity index (χ0) is 20.5. The highest BCUT2D eigenvalue weighted by molar-refractivity contribution is 8.93. The number of halogens is 2. The maximum Gasteiger partial charge on any atom is 0.207 e. The summed E-state index contributed by atoms with van der Waals surface area (Å²) in [6.45, 7) is 2.15. The van der Waals surface area contributed by atoms with Gasteiger partial charge in [-0.15, -0.1) is 39.7 Å². The molecular weight excluding hydrogens is 493 g/mol. The number of aryl methyl sites for hydroxylation is 1. The lowest BCUT2D eigenvalue weighted by Gasteiger charge is -2.21. The third-order valence-electron chi connectivity index (χ3n) is 5.32. The van der Waals surface area contributed by atoms with E-state index in [9.17, 15) is 4.39 Å². The van der Waals surface area contributed by atoms with Crippen molar-refractivity contribution in [1.82, 2.24) is 4.98 Å². The maximum absolute atomic E-state index is 13.5. The minimum absolute atomic E-state index is 0. The molecule has 0 spiro atoms. The predicted molar refractivity (Wildman–Crippen MR) is 134 cm³/mol. The summed E-state index contributed by atoms with van der Waals surface area (Å²) in [5.74, 6) is -0.227. The van der Waals surface area contributed by atoms with Gasteiger partial charge in [-0.2, -0.15) is 5.10 Å². The number of hydrazone groups is 1. The van der Waals surface area contributed by atoms with E-state index < -0.39 is 0 Å². The number of hydrogen-bond acceptors (Lipinski definition) is 5. The largest absolute Gasteiger partial charge is 0.231 e. The molecule has 1 atom stereocenters. The van der Waals surface area contributed by atoms with Crippen molar-refractivity contribution < 1.29 is 4.39 Å². The molecule has 5 rings (SSSR count). The van der Waals surface area contributed by atoms with Gasteiger partial charge in [0.15, 0.2) is 0 Å². The quantitative estimate of drug-likeness (QED) is 0.276. The summed E-state index contributed by atoms with van der Waals surface area (Å²) in [7, 11) is 0. The van der Waals surface area contributed by atoms with Gasteiger partial charge < -0.3 is 0 Å². The molecule has 3 nitrogen and oxygen atoms in total. The molecule has 1 aliphatic rings. The van der Waals surface area contributed by atoms with Crippen LogP contribution in [0.1, 0.15) is 35.4 Å². The molecule has 158 valence electrons. The smallest absolute Gasteiger partial charge is 0.207 e. The van der Waals surface area contributed by atoms with Crippen LogP contribution < -0.4 is 5.01 Å². The molecule has 0 fully saturated rings. The van der Waals surface area contributed by atoms with Crippen molar-refractivity contribution in [2.75, 3.05) is 5.01 Å². The van der Waals surface area contributed by atoms with Crippen LogP contribution >= 0.6 is 39.7 Å². The van der Waals surface area contributed by atoms with E-state index in [4.69, 9.17) is 10.1 Å². The first-order valence-electron chi connectivity index (χ1n) is 9.92. The van der Waals surface area contributed by atoms with E-state index in [1.54, 1.807) is 22.7 Å². The molecule has 2 aromatic carbocycles. The van der Waals surface area contributed by atoms with Crippen molar-refractivity contribution in [2.45, 2.75) is 25.8 Å². The summed E-state index contributed by atoms with van der Waals surface area (Å²) in [5, 5.41) is 11.9.